The highest BCUT2D eigenvalue weighted by atomic mass is 32.2. The molecule has 8 nitrogen and oxygen atoms in total. The molecule has 3 aromatic rings. The molecule has 1 unspecified atom stereocenters. The molecule has 1 atom stereocenters. The van der Waals surface area contributed by atoms with Crippen LogP contribution in [0.3, 0.4) is 0 Å². The SMILES string of the molecule is Cc1cc(NC(=O)C(C)SCC(=O)NCCCn2cnc3ccccc32)no1. The Morgan fingerprint density at radius 3 is 2.93 bits per heavy atom. The molecule has 0 fully saturated rings. The highest BCUT2D eigenvalue weighted by Gasteiger charge is 2.16. The number of para-hydroxylation sites is 2. The fourth-order valence-corrected chi connectivity index (χ4v) is 3.36. The van der Waals surface area contributed by atoms with Crippen molar-refractivity contribution in [3.63, 3.8) is 0 Å². The van der Waals surface area contributed by atoms with Crippen LogP contribution in [0.1, 0.15) is 19.1 Å². The number of carbonyl (C=O) groups is 2. The number of thioether (sulfide) groups is 1. The standard InChI is InChI=1S/C19H23N5O3S/c1-13-10-17(23-27-13)22-19(26)14(2)28-11-18(25)20-8-5-9-24-12-21-15-6-3-4-7-16(15)24/h3-4,6-7,10,12,14H,5,8-9,11H2,1-2H3,(H,20,25)(H,22,23,26). The molecule has 0 radical (unpaired) electrons. The van der Waals surface area contributed by atoms with Gasteiger partial charge >= 0.3 is 0 Å². The molecule has 28 heavy (non-hydrogen) atoms. The summed E-state index contributed by atoms with van der Waals surface area (Å²) in [5.74, 6) is 0.932. The fourth-order valence-electron chi connectivity index (χ4n) is 2.65. The van der Waals surface area contributed by atoms with Gasteiger partial charge in [0.2, 0.25) is 11.8 Å². The summed E-state index contributed by atoms with van der Waals surface area (Å²) in [5, 5.41) is 8.90. The van der Waals surface area contributed by atoms with Crippen molar-refractivity contribution in [3.05, 3.63) is 42.4 Å². The summed E-state index contributed by atoms with van der Waals surface area (Å²) < 4.78 is 6.99. The lowest BCUT2D eigenvalue weighted by molar-refractivity contribution is -0.118. The maximum absolute atomic E-state index is 12.1. The van der Waals surface area contributed by atoms with E-state index in [9.17, 15) is 9.59 Å². The maximum atomic E-state index is 12.1. The van der Waals surface area contributed by atoms with Gasteiger partial charge in [-0.25, -0.2) is 4.98 Å². The van der Waals surface area contributed by atoms with E-state index in [2.05, 4.69) is 25.3 Å². The van der Waals surface area contributed by atoms with E-state index in [-0.39, 0.29) is 22.8 Å². The van der Waals surface area contributed by atoms with Crippen LogP contribution in [-0.2, 0) is 16.1 Å². The van der Waals surface area contributed by atoms with Crippen molar-refractivity contribution in [3.8, 4) is 0 Å². The summed E-state index contributed by atoms with van der Waals surface area (Å²) in [6, 6.07) is 9.61. The number of carbonyl (C=O) groups excluding carboxylic acids is 2. The number of rotatable bonds is 9. The molecule has 2 amide bonds. The Labute approximate surface area is 167 Å². The molecular formula is C19H23N5O3S. The van der Waals surface area contributed by atoms with Crippen LogP contribution in [0, 0.1) is 6.92 Å². The summed E-state index contributed by atoms with van der Waals surface area (Å²) >= 11 is 1.28. The van der Waals surface area contributed by atoms with Crippen molar-refractivity contribution >= 4 is 40.4 Å². The van der Waals surface area contributed by atoms with Crippen molar-refractivity contribution in [2.75, 3.05) is 17.6 Å². The van der Waals surface area contributed by atoms with Crippen LogP contribution in [0.25, 0.3) is 11.0 Å². The first-order valence-electron chi connectivity index (χ1n) is 9.05. The summed E-state index contributed by atoms with van der Waals surface area (Å²) in [6.07, 6.45) is 2.62. The fraction of sp³-hybridized carbons (Fsp3) is 0.368. The second kappa shape index (κ2) is 9.41. The molecule has 2 heterocycles. The zero-order valence-corrected chi connectivity index (χ0v) is 16.7. The van der Waals surface area contributed by atoms with E-state index in [4.69, 9.17) is 4.52 Å². The molecular weight excluding hydrogens is 378 g/mol. The van der Waals surface area contributed by atoms with Crippen molar-refractivity contribution < 1.29 is 14.1 Å². The van der Waals surface area contributed by atoms with Crippen molar-refractivity contribution in [1.29, 1.82) is 0 Å². The van der Waals surface area contributed by atoms with Gasteiger partial charge in [-0.05, 0) is 32.4 Å². The van der Waals surface area contributed by atoms with Crippen LogP contribution in [-0.4, -0.2) is 44.1 Å². The Balaban J connectivity index is 1.33. The van der Waals surface area contributed by atoms with Crippen LogP contribution < -0.4 is 10.6 Å². The number of imidazole rings is 1. The van der Waals surface area contributed by atoms with E-state index >= 15 is 0 Å². The lowest BCUT2D eigenvalue weighted by Crippen LogP contribution is -2.29. The van der Waals surface area contributed by atoms with E-state index in [1.807, 2.05) is 30.6 Å². The van der Waals surface area contributed by atoms with Crippen LogP contribution in [0.5, 0.6) is 0 Å². The van der Waals surface area contributed by atoms with Gasteiger partial charge in [-0.2, -0.15) is 0 Å². The van der Waals surface area contributed by atoms with Gasteiger partial charge in [-0.15, -0.1) is 11.8 Å². The number of aryl methyl sites for hydroxylation is 2. The highest BCUT2D eigenvalue weighted by molar-refractivity contribution is 8.01. The molecule has 148 valence electrons. The Bertz CT molecular complexity index is 952. The molecule has 1 aromatic carbocycles. The first-order valence-corrected chi connectivity index (χ1v) is 10.1. The Morgan fingerprint density at radius 2 is 2.14 bits per heavy atom. The predicted molar refractivity (Wildman–Crippen MR) is 109 cm³/mol. The largest absolute Gasteiger partial charge is 0.360 e. The zero-order chi connectivity index (χ0) is 19.9. The molecule has 0 aliphatic rings. The summed E-state index contributed by atoms with van der Waals surface area (Å²) in [6.45, 7) is 4.86. The van der Waals surface area contributed by atoms with Gasteiger partial charge in [-0.1, -0.05) is 17.3 Å². The first-order chi connectivity index (χ1) is 13.5. The molecule has 0 saturated heterocycles. The normalized spacial score (nSPS) is 12.1. The summed E-state index contributed by atoms with van der Waals surface area (Å²) in [5.41, 5.74) is 2.06. The molecule has 0 spiro atoms. The number of benzene rings is 1. The van der Waals surface area contributed by atoms with Gasteiger partial charge < -0.3 is 19.7 Å². The number of hydrogen-bond donors (Lipinski definition) is 2. The molecule has 3 rings (SSSR count). The van der Waals surface area contributed by atoms with E-state index < -0.39 is 0 Å². The molecule has 2 aromatic heterocycles. The number of amides is 2. The quantitative estimate of drug-likeness (QED) is 0.535. The topological polar surface area (TPSA) is 102 Å². The second-order valence-electron chi connectivity index (χ2n) is 6.40. The number of nitrogens with one attached hydrogen (secondary N) is 2. The smallest absolute Gasteiger partial charge is 0.238 e. The first kappa shape index (κ1) is 19.9. The maximum Gasteiger partial charge on any atom is 0.238 e. The molecule has 2 N–H and O–H groups in total. The Morgan fingerprint density at radius 1 is 1.32 bits per heavy atom. The Kier molecular flexibility index (Phi) is 6.70. The number of nitrogens with zero attached hydrogens (tertiary/aromatic N) is 3. The molecule has 0 bridgehead atoms. The minimum atomic E-state index is -0.375. The van der Waals surface area contributed by atoms with E-state index in [0.717, 1.165) is 24.0 Å². The van der Waals surface area contributed by atoms with Gasteiger partial charge in [0.15, 0.2) is 5.82 Å². The Hall–Kier alpha value is -2.81. The molecule has 0 aliphatic heterocycles. The van der Waals surface area contributed by atoms with Gasteiger partial charge in [0, 0.05) is 19.2 Å². The van der Waals surface area contributed by atoms with Crippen LogP contribution in [0.4, 0.5) is 5.82 Å². The zero-order valence-electron chi connectivity index (χ0n) is 15.8. The van der Waals surface area contributed by atoms with Gasteiger partial charge in [0.1, 0.15) is 5.76 Å². The number of hydrogen-bond acceptors (Lipinski definition) is 6. The lowest BCUT2D eigenvalue weighted by Gasteiger charge is -2.11. The third kappa shape index (κ3) is 5.35. The van der Waals surface area contributed by atoms with E-state index in [0.29, 0.717) is 18.1 Å². The monoisotopic (exact) mass is 401 g/mol. The average Bonchev–Trinajstić information content (AvgIpc) is 3.29. The lowest BCUT2D eigenvalue weighted by atomic mass is 10.3. The summed E-state index contributed by atoms with van der Waals surface area (Å²) in [4.78, 5) is 28.4. The molecule has 9 heteroatoms. The molecule has 0 aliphatic carbocycles. The van der Waals surface area contributed by atoms with Crippen molar-refractivity contribution in [2.24, 2.45) is 0 Å². The molecule has 0 saturated carbocycles. The number of anilines is 1. The number of fused-ring (bicyclic) bond motifs is 1. The third-order valence-corrected chi connectivity index (χ3v) is 5.28. The van der Waals surface area contributed by atoms with E-state index in [1.54, 1.807) is 19.9 Å². The van der Waals surface area contributed by atoms with Crippen LogP contribution in [0.2, 0.25) is 0 Å². The van der Waals surface area contributed by atoms with Gasteiger partial charge in [-0.3, -0.25) is 9.59 Å². The predicted octanol–water partition coefficient (Wildman–Crippen LogP) is 2.60. The van der Waals surface area contributed by atoms with Gasteiger partial charge in [0.25, 0.3) is 0 Å². The average molecular weight is 401 g/mol. The second-order valence-corrected chi connectivity index (χ2v) is 7.72. The summed E-state index contributed by atoms with van der Waals surface area (Å²) in [7, 11) is 0. The van der Waals surface area contributed by atoms with Crippen LogP contribution >= 0.6 is 11.8 Å². The van der Waals surface area contributed by atoms with E-state index in [1.165, 1.54) is 11.8 Å². The minimum absolute atomic E-state index is 0.0857. The third-order valence-electron chi connectivity index (χ3n) is 4.14. The van der Waals surface area contributed by atoms with Crippen LogP contribution in [0.15, 0.2) is 41.2 Å². The number of aromatic nitrogens is 3. The van der Waals surface area contributed by atoms with Gasteiger partial charge in [0.05, 0.1) is 28.4 Å². The van der Waals surface area contributed by atoms with Crippen molar-refractivity contribution in [2.45, 2.75) is 32.1 Å². The van der Waals surface area contributed by atoms with Crippen molar-refractivity contribution in [1.82, 2.24) is 20.0 Å². The highest BCUT2D eigenvalue weighted by Crippen LogP contribution is 2.14. The minimum Gasteiger partial charge on any atom is -0.360 e.